The number of nitrogens with zero attached hydrogens (tertiary/aromatic N) is 1. The molecule has 7 nitrogen and oxygen atoms in total. The first kappa shape index (κ1) is 16.5. The van der Waals surface area contributed by atoms with Crippen LogP contribution in [-0.2, 0) is 9.59 Å². The zero-order valence-corrected chi connectivity index (χ0v) is 13.5. The van der Waals surface area contributed by atoms with Gasteiger partial charge in [-0.05, 0) is 37.3 Å². The highest BCUT2D eigenvalue weighted by molar-refractivity contribution is 6.05. The third kappa shape index (κ3) is 3.60. The van der Waals surface area contributed by atoms with E-state index in [-0.39, 0.29) is 30.3 Å². The van der Waals surface area contributed by atoms with E-state index in [4.69, 9.17) is 9.84 Å². The van der Waals surface area contributed by atoms with E-state index >= 15 is 0 Å². The van der Waals surface area contributed by atoms with Gasteiger partial charge in [0.05, 0.1) is 11.3 Å². The molecule has 0 fully saturated rings. The summed E-state index contributed by atoms with van der Waals surface area (Å²) < 4.78 is 5.30. The van der Waals surface area contributed by atoms with Crippen molar-refractivity contribution >= 4 is 29.2 Å². The van der Waals surface area contributed by atoms with Gasteiger partial charge in [0.15, 0.2) is 6.61 Å². The minimum Gasteiger partial charge on any atom is -0.482 e. The number of ether oxygens (including phenoxy) is 1. The number of fused-ring (bicyclic) bond motifs is 1. The molecule has 0 saturated heterocycles. The summed E-state index contributed by atoms with van der Waals surface area (Å²) in [5.74, 6) is -1.54. The lowest BCUT2D eigenvalue weighted by atomic mass is 10.1. The minimum atomic E-state index is -1.12. The average molecular weight is 340 g/mol. The number of hydrogen-bond donors (Lipinski definition) is 2. The summed E-state index contributed by atoms with van der Waals surface area (Å²) in [6, 6.07) is 11.5. The lowest BCUT2D eigenvalue weighted by Crippen LogP contribution is -2.43. The smallest absolute Gasteiger partial charge is 0.335 e. The predicted molar refractivity (Wildman–Crippen MR) is 91.1 cm³/mol. The number of carboxylic acid groups (broad SMARTS) is 1. The summed E-state index contributed by atoms with van der Waals surface area (Å²) in [7, 11) is 0. The molecular weight excluding hydrogens is 324 g/mol. The predicted octanol–water partition coefficient (Wildman–Crippen LogP) is 2.06. The number of aromatic carboxylic acids is 1. The van der Waals surface area contributed by atoms with Gasteiger partial charge in [-0.1, -0.05) is 17.7 Å². The Morgan fingerprint density at radius 3 is 2.60 bits per heavy atom. The number of rotatable bonds is 4. The van der Waals surface area contributed by atoms with E-state index in [0.717, 1.165) is 5.56 Å². The molecule has 7 heteroatoms. The van der Waals surface area contributed by atoms with Gasteiger partial charge in [0.25, 0.3) is 5.91 Å². The van der Waals surface area contributed by atoms with Gasteiger partial charge in [-0.2, -0.15) is 0 Å². The molecule has 2 aromatic carbocycles. The molecule has 2 amide bonds. The first-order valence-electron chi connectivity index (χ1n) is 7.61. The molecule has 2 N–H and O–H groups in total. The van der Waals surface area contributed by atoms with E-state index in [0.29, 0.717) is 11.4 Å². The molecule has 0 radical (unpaired) electrons. The van der Waals surface area contributed by atoms with Gasteiger partial charge in [-0.15, -0.1) is 0 Å². The van der Waals surface area contributed by atoms with Gasteiger partial charge >= 0.3 is 5.97 Å². The highest BCUT2D eigenvalue weighted by atomic mass is 16.5. The number of amides is 2. The molecule has 0 atom stereocenters. The number of carboxylic acids is 1. The van der Waals surface area contributed by atoms with Crippen molar-refractivity contribution in [3.8, 4) is 5.75 Å². The Balaban J connectivity index is 1.81. The van der Waals surface area contributed by atoms with E-state index in [9.17, 15) is 14.4 Å². The van der Waals surface area contributed by atoms with Gasteiger partial charge in [0.1, 0.15) is 12.3 Å². The zero-order valence-electron chi connectivity index (χ0n) is 13.5. The van der Waals surface area contributed by atoms with Gasteiger partial charge < -0.3 is 15.2 Å². The molecule has 25 heavy (non-hydrogen) atoms. The summed E-state index contributed by atoms with van der Waals surface area (Å²) in [5.41, 5.74) is 1.98. The minimum absolute atomic E-state index is 0.0148. The molecule has 2 aromatic rings. The van der Waals surface area contributed by atoms with Crippen molar-refractivity contribution in [3.63, 3.8) is 0 Å². The molecule has 128 valence electrons. The van der Waals surface area contributed by atoms with E-state index < -0.39 is 11.9 Å². The van der Waals surface area contributed by atoms with Crippen molar-refractivity contribution in [2.24, 2.45) is 0 Å². The molecule has 0 aliphatic carbocycles. The van der Waals surface area contributed by atoms with Crippen molar-refractivity contribution in [2.45, 2.75) is 6.92 Å². The first-order chi connectivity index (χ1) is 11.9. The summed E-state index contributed by atoms with van der Waals surface area (Å²) in [5, 5.41) is 11.8. The second kappa shape index (κ2) is 6.64. The molecule has 0 bridgehead atoms. The van der Waals surface area contributed by atoms with E-state index in [2.05, 4.69) is 5.32 Å². The Morgan fingerprint density at radius 1 is 1.20 bits per heavy atom. The quantitative estimate of drug-likeness (QED) is 0.888. The largest absolute Gasteiger partial charge is 0.482 e. The van der Waals surface area contributed by atoms with Crippen LogP contribution in [0.15, 0.2) is 42.5 Å². The normalized spacial score (nSPS) is 13.0. The third-order valence-electron chi connectivity index (χ3n) is 3.79. The molecule has 0 saturated carbocycles. The van der Waals surface area contributed by atoms with Gasteiger partial charge in [0, 0.05) is 5.69 Å². The third-order valence-corrected chi connectivity index (χ3v) is 3.79. The molecule has 3 rings (SSSR count). The highest BCUT2D eigenvalue weighted by Crippen LogP contribution is 2.33. The molecule has 0 spiro atoms. The monoisotopic (exact) mass is 340 g/mol. The fourth-order valence-electron chi connectivity index (χ4n) is 2.49. The second-order valence-corrected chi connectivity index (χ2v) is 5.67. The van der Waals surface area contributed by atoms with Crippen molar-refractivity contribution in [3.05, 3.63) is 53.6 Å². The van der Waals surface area contributed by atoms with Crippen molar-refractivity contribution in [2.75, 3.05) is 23.4 Å². The maximum absolute atomic E-state index is 12.3. The van der Waals surface area contributed by atoms with Crippen molar-refractivity contribution in [1.29, 1.82) is 0 Å². The van der Waals surface area contributed by atoms with Crippen molar-refractivity contribution < 1.29 is 24.2 Å². The maximum Gasteiger partial charge on any atom is 0.335 e. The van der Waals surface area contributed by atoms with E-state index in [1.807, 2.05) is 19.1 Å². The number of aryl methyl sites for hydroxylation is 1. The van der Waals surface area contributed by atoms with Crippen LogP contribution in [0.2, 0.25) is 0 Å². The Kier molecular flexibility index (Phi) is 4.38. The fraction of sp³-hybridized carbons (Fsp3) is 0.167. The van der Waals surface area contributed by atoms with E-state index in [1.54, 1.807) is 12.1 Å². The van der Waals surface area contributed by atoms with Crippen LogP contribution in [0.3, 0.4) is 0 Å². The Bertz CT molecular complexity index is 845. The van der Waals surface area contributed by atoms with Crippen LogP contribution in [0.5, 0.6) is 5.75 Å². The molecular formula is C18H16N2O5. The Morgan fingerprint density at radius 2 is 1.92 bits per heavy atom. The fourth-order valence-corrected chi connectivity index (χ4v) is 2.49. The summed E-state index contributed by atoms with van der Waals surface area (Å²) in [6.07, 6.45) is 0. The Labute approximate surface area is 143 Å². The number of anilines is 2. The summed E-state index contributed by atoms with van der Waals surface area (Å²) in [4.78, 5) is 36.8. The summed E-state index contributed by atoms with van der Waals surface area (Å²) in [6.45, 7) is 1.51. The van der Waals surface area contributed by atoms with Crippen LogP contribution in [0, 0.1) is 6.92 Å². The number of carbonyl (C=O) groups is 3. The highest BCUT2D eigenvalue weighted by Gasteiger charge is 2.28. The van der Waals surface area contributed by atoms with Crippen LogP contribution >= 0.6 is 0 Å². The van der Waals surface area contributed by atoms with Crippen molar-refractivity contribution in [1.82, 2.24) is 0 Å². The Hall–Kier alpha value is -3.35. The van der Waals surface area contributed by atoms with Gasteiger partial charge in [0.2, 0.25) is 5.91 Å². The van der Waals surface area contributed by atoms with E-state index in [1.165, 1.54) is 23.1 Å². The van der Waals surface area contributed by atoms with Gasteiger partial charge in [-0.25, -0.2) is 4.79 Å². The van der Waals surface area contributed by atoms with Gasteiger partial charge in [-0.3, -0.25) is 14.5 Å². The number of nitrogens with one attached hydrogen (secondary N) is 1. The van der Waals surface area contributed by atoms with Crippen LogP contribution in [0.4, 0.5) is 11.4 Å². The standard InChI is InChI=1S/C18H16N2O5/c1-11-2-5-13(6-3-11)19-16(21)9-20-14-8-12(18(23)24)4-7-15(14)25-10-17(20)22/h2-8H,9-10H2,1H3,(H,19,21)(H,23,24). The number of hydrogen-bond acceptors (Lipinski definition) is 4. The molecule has 0 aromatic heterocycles. The van der Waals surface area contributed by atoms with Crippen LogP contribution < -0.4 is 15.0 Å². The SMILES string of the molecule is Cc1ccc(NC(=O)CN2C(=O)COc3ccc(C(=O)O)cc32)cc1. The summed E-state index contributed by atoms with van der Waals surface area (Å²) >= 11 is 0. The second-order valence-electron chi connectivity index (χ2n) is 5.67. The topological polar surface area (TPSA) is 95.9 Å². The number of benzene rings is 2. The molecule has 1 heterocycles. The molecule has 1 aliphatic rings. The lowest BCUT2D eigenvalue weighted by Gasteiger charge is -2.29. The lowest BCUT2D eigenvalue weighted by molar-refractivity contribution is -0.123. The van der Waals surface area contributed by atoms with Crippen LogP contribution in [0.25, 0.3) is 0 Å². The van der Waals surface area contributed by atoms with Crippen LogP contribution in [0.1, 0.15) is 15.9 Å². The number of carbonyl (C=O) groups excluding carboxylic acids is 2. The zero-order chi connectivity index (χ0) is 18.0. The average Bonchev–Trinajstić information content (AvgIpc) is 2.59. The molecule has 0 unspecified atom stereocenters. The maximum atomic E-state index is 12.3. The molecule has 1 aliphatic heterocycles. The first-order valence-corrected chi connectivity index (χ1v) is 7.61. The van der Waals surface area contributed by atoms with Crippen LogP contribution in [-0.4, -0.2) is 36.0 Å².